The standard InChI is InChI=1S/C21H36O4/c1-7-11-13-17(5)15-21(19(22)24-9-3,20(23)25-10-4)16-18(6)14-12-8-2/h5-16H2,1-4H3. The number of hydrogen-bond donors (Lipinski definition) is 0. The van der Waals surface area contributed by atoms with Crippen LogP contribution in [0, 0.1) is 5.41 Å². The number of ether oxygens (including phenoxy) is 2. The van der Waals surface area contributed by atoms with Crippen LogP contribution in [0.2, 0.25) is 0 Å². The first kappa shape index (κ1) is 23.4. The fraction of sp³-hybridized carbons (Fsp3) is 0.714. The van der Waals surface area contributed by atoms with E-state index in [1.54, 1.807) is 13.8 Å². The molecule has 0 fully saturated rings. The summed E-state index contributed by atoms with van der Waals surface area (Å²) in [7, 11) is 0. The van der Waals surface area contributed by atoms with Gasteiger partial charge in [-0.1, -0.05) is 51.0 Å². The van der Waals surface area contributed by atoms with Crippen molar-refractivity contribution in [3.05, 3.63) is 24.3 Å². The van der Waals surface area contributed by atoms with Crippen molar-refractivity contribution < 1.29 is 19.1 Å². The van der Waals surface area contributed by atoms with Crippen LogP contribution in [0.3, 0.4) is 0 Å². The molecule has 0 saturated carbocycles. The molecular formula is C21H36O4. The van der Waals surface area contributed by atoms with E-state index < -0.39 is 17.4 Å². The molecule has 0 aromatic rings. The molecule has 0 aromatic heterocycles. The third kappa shape index (κ3) is 7.89. The lowest BCUT2D eigenvalue weighted by molar-refractivity contribution is -0.172. The van der Waals surface area contributed by atoms with Gasteiger partial charge in [-0.15, -0.1) is 0 Å². The zero-order chi connectivity index (χ0) is 19.3. The van der Waals surface area contributed by atoms with E-state index >= 15 is 0 Å². The van der Waals surface area contributed by atoms with Gasteiger partial charge in [0.1, 0.15) is 0 Å². The Labute approximate surface area is 153 Å². The van der Waals surface area contributed by atoms with Crippen molar-refractivity contribution in [3.8, 4) is 0 Å². The first-order valence-corrected chi connectivity index (χ1v) is 9.55. The van der Waals surface area contributed by atoms with Gasteiger partial charge in [0.05, 0.1) is 13.2 Å². The summed E-state index contributed by atoms with van der Waals surface area (Å²) in [5, 5.41) is 0. The molecule has 0 amide bonds. The summed E-state index contributed by atoms with van der Waals surface area (Å²) in [6, 6.07) is 0. The van der Waals surface area contributed by atoms with Crippen LogP contribution in [0.4, 0.5) is 0 Å². The molecule has 0 aromatic carbocycles. The lowest BCUT2D eigenvalue weighted by Gasteiger charge is -2.31. The van der Waals surface area contributed by atoms with E-state index in [1.165, 1.54) is 0 Å². The van der Waals surface area contributed by atoms with E-state index in [4.69, 9.17) is 9.47 Å². The minimum atomic E-state index is -1.36. The van der Waals surface area contributed by atoms with E-state index in [-0.39, 0.29) is 26.1 Å². The quantitative estimate of drug-likeness (QED) is 0.239. The van der Waals surface area contributed by atoms with Crippen molar-refractivity contribution in [2.24, 2.45) is 5.41 Å². The number of hydrogen-bond acceptors (Lipinski definition) is 4. The summed E-state index contributed by atoms with van der Waals surface area (Å²) in [6.45, 7) is 16.3. The maximum atomic E-state index is 12.8. The lowest BCUT2D eigenvalue weighted by atomic mass is 9.75. The maximum Gasteiger partial charge on any atom is 0.324 e. The van der Waals surface area contributed by atoms with Crippen LogP contribution >= 0.6 is 0 Å². The molecule has 0 unspecified atom stereocenters. The molecule has 0 atom stereocenters. The Hall–Kier alpha value is -1.58. The first-order valence-electron chi connectivity index (χ1n) is 9.55. The smallest absolute Gasteiger partial charge is 0.324 e. The predicted octanol–water partition coefficient (Wildman–Crippen LogP) is 5.37. The van der Waals surface area contributed by atoms with E-state index in [9.17, 15) is 9.59 Å². The molecule has 25 heavy (non-hydrogen) atoms. The maximum absolute atomic E-state index is 12.8. The van der Waals surface area contributed by atoms with Crippen LogP contribution in [-0.4, -0.2) is 25.2 Å². The number of carbonyl (C=O) groups excluding carboxylic acids is 2. The van der Waals surface area contributed by atoms with Crippen LogP contribution < -0.4 is 0 Å². The van der Waals surface area contributed by atoms with Gasteiger partial charge in [-0.05, 0) is 52.4 Å². The molecule has 0 radical (unpaired) electrons. The van der Waals surface area contributed by atoms with Crippen molar-refractivity contribution in [1.29, 1.82) is 0 Å². The van der Waals surface area contributed by atoms with Gasteiger partial charge in [-0.3, -0.25) is 9.59 Å². The predicted molar refractivity (Wildman–Crippen MR) is 102 cm³/mol. The fourth-order valence-electron chi connectivity index (χ4n) is 2.86. The summed E-state index contributed by atoms with van der Waals surface area (Å²) in [4.78, 5) is 25.6. The highest BCUT2D eigenvalue weighted by Gasteiger charge is 2.49. The van der Waals surface area contributed by atoms with E-state index in [0.29, 0.717) is 0 Å². The van der Waals surface area contributed by atoms with Gasteiger partial charge < -0.3 is 9.47 Å². The van der Waals surface area contributed by atoms with Crippen molar-refractivity contribution in [2.45, 2.75) is 79.1 Å². The van der Waals surface area contributed by atoms with Gasteiger partial charge in [0.2, 0.25) is 0 Å². The number of carbonyl (C=O) groups is 2. The summed E-state index contributed by atoms with van der Waals surface area (Å²) >= 11 is 0. The number of rotatable bonds is 14. The van der Waals surface area contributed by atoms with Crippen LogP contribution in [0.25, 0.3) is 0 Å². The number of esters is 2. The molecule has 4 nitrogen and oxygen atoms in total. The molecule has 0 aliphatic heterocycles. The summed E-state index contributed by atoms with van der Waals surface area (Å²) < 4.78 is 10.5. The average Bonchev–Trinajstić information content (AvgIpc) is 2.57. The van der Waals surface area contributed by atoms with Gasteiger partial charge >= 0.3 is 11.9 Å². The van der Waals surface area contributed by atoms with Crippen molar-refractivity contribution >= 4 is 11.9 Å². The topological polar surface area (TPSA) is 52.6 Å². The second kappa shape index (κ2) is 12.7. The second-order valence-corrected chi connectivity index (χ2v) is 6.58. The summed E-state index contributed by atoms with van der Waals surface area (Å²) in [6.07, 6.45) is 6.14. The molecule has 4 heteroatoms. The lowest BCUT2D eigenvalue weighted by Crippen LogP contribution is -2.43. The Kier molecular flexibility index (Phi) is 11.9. The van der Waals surface area contributed by atoms with E-state index in [1.807, 2.05) is 0 Å². The summed E-state index contributed by atoms with van der Waals surface area (Å²) in [5.74, 6) is -1.05. The molecule has 0 aliphatic carbocycles. The van der Waals surface area contributed by atoms with Crippen LogP contribution in [-0.2, 0) is 19.1 Å². The number of allylic oxidation sites excluding steroid dienone is 2. The average molecular weight is 353 g/mol. The third-order valence-electron chi connectivity index (χ3n) is 4.20. The molecule has 144 valence electrons. The molecule has 0 bridgehead atoms. The SMILES string of the molecule is C=C(CCCC)CC(CC(=C)CCCC)(C(=O)OCC)C(=O)OCC. The van der Waals surface area contributed by atoms with Crippen molar-refractivity contribution in [3.63, 3.8) is 0 Å². The molecular weight excluding hydrogens is 316 g/mol. The Morgan fingerprint density at radius 2 is 1.12 bits per heavy atom. The highest BCUT2D eigenvalue weighted by Crippen LogP contribution is 2.38. The van der Waals surface area contributed by atoms with E-state index in [0.717, 1.165) is 49.7 Å². The van der Waals surface area contributed by atoms with Gasteiger partial charge in [-0.2, -0.15) is 0 Å². The molecule has 0 N–H and O–H groups in total. The van der Waals surface area contributed by atoms with Crippen LogP contribution in [0.5, 0.6) is 0 Å². The Bertz CT molecular complexity index is 409. The zero-order valence-corrected chi connectivity index (χ0v) is 16.6. The monoisotopic (exact) mass is 352 g/mol. The Morgan fingerprint density at radius 3 is 1.40 bits per heavy atom. The Balaban J connectivity index is 5.61. The molecule has 0 aliphatic rings. The Morgan fingerprint density at radius 1 is 0.760 bits per heavy atom. The zero-order valence-electron chi connectivity index (χ0n) is 16.6. The minimum Gasteiger partial charge on any atom is -0.465 e. The highest BCUT2D eigenvalue weighted by molar-refractivity contribution is 6.00. The second-order valence-electron chi connectivity index (χ2n) is 6.58. The van der Waals surface area contributed by atoms with Crippen LogP contribution in [0.15, 0.2) is 24.3 Å². The van der Waals surface area contributed by atoms with Crippen molar-refractivity contribution in [1.82, 2.24) is 0 Å². The largest absolute Gasteiger partial charge is 0.465 e. The minimum absolute atomic E-state index is 0.225. The normalized spacial score (nSPS) is 11.0. The first-order chi connectivity index (χ1) is 11.9. The number of unbranched alkanes of at least 4 members (excludes halogenated alkanes) is 2. The third-order valence-corrected chi connectivity index (χ3v) is 4.20. The fourth-order valence-corrected chi connectivity index (χ4v) is 2.86. The molecule has 0 spiro atoms. The molecule has 0 heterocycles. The van der Waals surface area contributed by atoms with Gasteiger partial charge in [0.15, 0.2) is 5.41 Å². The van der Waals surface area contributed by atoms with Crippen LogP contribution in [0.1, 0.15) is 79.1 Å². The van der Waals surface area contributed by atoms with Crippen molar-refractivity contribution in [2.75, 3.05) is 13.2 Å². The van der Waals surface area contributed by atoms with Gasteiger partial charge in [-0.25, -0.2) is 0 Å². The molecule has 0 saturated heterocycles. The van der Waals surface area contributed by atoms with E-state index in [2.05, 4.69) is 27.0 Å². The van der Waals surface area contributed by atoms with Gasteiger partial charge in [0, 0.05) is 0 Å². The highest BCUT2D eigenvalue weighted by atomic mass is 16.6. The molecule has 0 rings (SSSR count). The summed E-state index contributed by atoms with van der Waals surface area (Å²) in [5.41, 5.74) is 0.402. The van der Waals surface area contributed by atoms with Gasteiger partial charge in [0.25, 0.3) is 0 Å².